The molecule has 5 nitrogen and oxygen atoms in total. The second-order valence-electron chi connectivity index (χ2n) is 7.72. The molecule has 1 heterocycles. The van der Waals surface area contributed by atoms with Crippen molar-refractivity contribution in [2.75, 3.05) is 7.11 Å². The molecule has 0 unspecified atom stereocenters. The normalized spacial score (nSPS) is 11.0. The number of carboxylic acids is 1. The molecule has 0 aliphatic heterocycles. The van der Waals surface area contributed by atoms with Gasteiger partial charge >= 0.3 is 5.97 Å². The summed E-state index contributed by atoms with van der Waals surface area (Å²) in [6.07, 6.45) is -0.0498. The highest BCUT2D eigenvalue weighted by Crippen LogP contribution is 2.35. The number of carbonyl (C=O) groups is 1. The van der Waals surface area contributed by atoms with Gasteiger partial charge in [0.2, 0.25) is 5.88 Å². The minimum absolute atomic E-state index is 0.0498. The molecule has 2 N–H and O–H groups in total. The van der Waals surface area contributed by atoms with E-state index in [0.717, 1.165) is 33.2 Å². The number of fused-ring (bicyclic) bond motifs is 1. The van der Waals surface area contributed by atoms with E-state index < -0.39 is 11.6 Å². The van der Waals surface area contributed by atoms with Crippen LogP contribution in [0.4, 0.5) is 0 Å². The number of aromatic nitrogens is 1. The zero-order valence-corrected chi connectivity index (χ0v) is 18.0. The van der Waals surface area contributed by atoms with Crippen LogP contribution >= 0.6 is 11.6 Å². The Labute approximate surface area is 175 Å². The number of hydrogen-bond acceptors (Lipinski definition) is 4. The van der Waals surface area contributed by atoms with Crippen molar-refractivity contribution in [3.05, 3.63) is 58.6 Å². The lowest BCUT2D eigenvalue weighted by Gasteiger charge is -2.16. The SMILES string of the molecule is CC(C)(C)O.COc1ccc2c(-c3ccc(Cl)cc3)c(CC(=O)O)c(C)cc2n1. The number of halogens is 1. The van der Waals surface area contributed by atoms with Crippen LogP contribution in [-0.2, 0) is 11.2 Å². The third-order valence-corrected chi connectivity index (χ3v) is 4.22. The van der Waals surface area contributed by atoms with Gasteiger partial charge in [0.15, 0.2) is 0 Å². The van der Waals surface area contributed by atoms with Crippen LogP contribution in [0.3, 0.4) is 0 Å². The molecule has 3 rings (SSSR count). The third-order valence-electron chi connectivity index (χ3n) is 3.97. The molecule has 154 valence electrons. The summed E-state index contributed by atoms with van der Waals surface area (Å²) in [5, 5.41) is 19.3. The number of aryl methyl sites for hydroxylation is 1. The molecule has 0 saturated heterocycles. The lowest BCUT2D eigenvalue weighted by atomic mass is 9.90. The Bertz CT molecular complexity index is 1000. The van der Waals surface area contributed by atoms with Crippen LogP contribution in [0.15, 0.2) is 42.5 Å². The first-order valence-electron chi connectivity index (χ1n) is 9.17. The topological polar surface area (TPSA) is 79.7 Å². The molecular formula is C23H26ClNO4. The van der Waals surface area contributed by atoms with Crippen molar-refractivity contribution in [1.82, 2.24) is 4.98 Å². The summed E-state index contributed by atoms with van der Waals surface area (Å²) in [5.74, 6) is -0.343. The summed E-state index contributed by atoms with van der Waals surface area (Å²) in [4.78, 5) is 15.8. The van der Waals surface area contributed by atoms with Crippen LogP contribution in [0.1, 0.15) is 31.9 Å². The highest BCUT2D eigenvalue weighted by molar-refractivity contribution is 6.30. The Morgan fingerprint density at radius 1 is 1.14 bits per heavy atom. The molecule has 3 aromatic rings. The van der Waals surface area contributed by atoms with E-state index in [4.69, 9.17) is 21.4 Å². The number of aliphatic hydroxyl groups is 1. The summed E-state index contributed by atoms with van der Waals surface area (Å²) in [6.45, 7) is 7.13. The number of hydrogen-bond donors (Lipinski definition) is 2. The van der Waals surface area contributed by atoms with Crippen LogP contribution in [-0.4, -0.2) is 33.9 Å². The molecule has 1 aromatic heterocycles. The lowest BCUT2D eigenvalue weighted by molar-refractivity contribution is -0.136. The molecule has 0 bridgehead atoms. The van der Waals surface area contributed by atoms with Crippen LogP contribution < -0.4 is 4.74 Å². The van der Waals surface area contributed by atoms with Crippen LogP contribution in [0, 0.1) is 6.92 Å². The standard InChI is InChI=1S/C19H16ClNO3.C4H10O/c1-11-9-16-14(7-8-17(21-16)24-2)19(15(11)10-18(22)23)12-3-5-13(20)6-4-12;1-4(2,3)5/h3-9H,10H2,1-2H3,(H,22,23);5H,1-3H3. The van der Waals surface area contributed by atoms with E-state index in [1.807, 2.05) is 31.2 Å². The Balaban J connectivity index is 0.000000537. The number of methoxy groups -OCH3 is 1. The van der Waals surface area contributed by atoms with Gasteiger partial charge in [0.1, 0.15) is 0 Å². The average Bonchev–Trinajstić information content (AvgIpc) is 2.61. The second kappa shape index (κ2) is 9.25. The molecule has 2 aromatic carbocycles. The van der Waals surface area contributed by atoms with Crippen LogP contribution in [0.2, 0.25) is 5.02 Å². The maximum Gasteiger partial charge on any atom is 0.307 e. The summed E-state index contributed by atoms with van der Waals surface area (Å²) >= 11 is 5.99. The van der Waals surface area contributed by atoms with E-state index in [1.165, 1.54) is 0 Å². The summed E-state index contributed by atoms with van der Waals surface area (Å²) in [6, 6.07) is 13.0. The minimum Gasteiger partial charge on any atom is -0.481 e. The highest BCUT2D eigenvalue weighted by atomic mass is 35.5. The van der Waals surface area contributed by atoms with Gasteiger partial charge in [-0.1, -0.05) is 23.7 Å². The Kier molecular flexibility index (Phi) is 7.22. The fourth-order valence-corrected chi connectivity index (χ4v) is 2.99. The van der Waals surface area contributed by atoms with Crippen molar-refractivity contribution >= 4 is 28.5 Å². The summed E-state index contributed by atoms with van der Waals surface area (Å²) in [7, 11) is 1.57. The molecule has 0 spiro atoms. The minimum atomic E-state index is -0.867. The van der Waals surface area contributed by atoms with Crippen LogP contribution in [0.5, 0.6) is 5.88 Å². The van der Waals surface area contributed by atoms with Gasteiger partial charge in [0, 0.05) is 16.5 Å². The number of carboxylic acid groups (broad SMARTS) is 1. The van der Waals surface area contributed by atoms with Crippen molar-refractivity contribution in [3.8, 4) is 17.0 Å². The predicted molar refractivity (Wildman–Crippen MR) is 117 cm³/mol. The molecule has 29 heavy (non-hydrogen) atoms. The maximum absolute atomic E-state index is 11.3. The summed E-state index contributed by atoms with van der Waals surface area (Å²) < 4.78 is 5.20. The number of rotatable bonds is 4. The summed E-state index contributed by atoms with van der Waals surface area (Å²) in [5.41, 5.74) is 3.72. The van der Waals surface area contributed by atoms with E-state index in [2.05, 4.69) is 4.98 Å². The van der Waals surface area contributed by atoms with Crippen molar-refractivity contribution < 1.29 is 19.7 Å². The van der Waals surface area contributed by atoms with Gasteiger partial charge in [-0.3, -0.25) is 4.79 Å². The van der Waals surface area contributed by atoms with E-state index in [1.54, 1.807) is 46.1 Å². The molecular weight excluding hydrogens is 390 g/mol. The Morgan fingerprint density at radius 2 is 1.72 bits per heavy atom. The van der Waals surface area contributed by atoms with E-state index >= 15 is 0 Å². The monoisotopic (exact) mass is 415 g/mol. The second-order valence-corrected chi connectivity index (χ2v) is 8.15. The molecule has 6 heteroatoms. The number of aliphatic carboxylic acids is 1. The van der Waals surface area contributed by atoms with E-state index in [0.29, 0.717) is 10.9 Å². The van der Waals surface area contributed by atoms with Gasteiger partial charge in [0.05, 0.1) is 24.6 Å². The maximum atomic E-state index is 11.3. The molecule has 0 fully saturated rings. The van der Waals surface area contributed by atoms with E-state index in [9.17, 15) is 9.90 Å². The van der Waals surface area contributed by atoms with Crippen molar-refractivity contribution in [2.45, 2.75) is 39.7 Å². The van der Waals surface area contributed by atoms with Gasteiger partial charge in [-0.2, -0.15) is 0 Å². The van der Waals surface area contributed by atoms with Gasteiger partial charge in [-0.05, 0) is 74.2 Å². The van der Waals surface area contributed by atoms with Crippen molar-refractivity contribution in [1.29, 1.82) is 0 Å². The molecule has 0 aliphatic carbocycles. The molecule has 0 amide bonds. The lowest BCUT2D eigenvalue weighted by Crippen LogP contribution is -2.10. The quantitative estimate of drug-likeness (QED) is 0.606. The first kappa shape index (κ1) is 22.7. The first-order chi connectivity index (χ1) is 13.5. The van der Waals surface area contributed by atoms with Gasteiger partial charge in [-0.25, -0.2) is 4.98 Å². The Hall–Kier alpha value is -2.63. The molecule has 0 atom stereocenters. The van der Waals surface area contributed by atoms with Crippen molar-refractivity contribution in [2.24, 2.45) is 0 Å². The van der Waals surface area contributed by atoms with E-state index in [-0.39, 0.29) is 6.42 Å². The Morgan fingerprint density at radius 3 is 2.24 bits per heavy atom. The fraction of sp³-hybridized carbons (Fsp3) is 0.304. The molecule has 0 radical (unpaired) electrons. The third kappa shape index (κ3) is 6.44. The number of pyridine rings is 1. The van der Waals surface area contributed by atoms with Gasteiger partial charge in [-0.15, -0.1) is 0 Å². The largest absolute Gasteiger partial charge is 0.481 e. The smallest absolute Gasteiger partial charge is 0.307 e. The predicted octanol–water partition coefficient (Wildman–Crippen LogP) is 5.28. The first-order valence-corrected chi connectivity index (χ1v) is 9.54. The zero-order chi connectivity index (χ0) is 21.8. The molecule has 0 saturated carbocycles. The van der Waals surface area contributed by atoms with Crippen molar-refractivity contribution in [3.63, 3.8) is 0 Å². The number of nitrogens with zero attached hydrogens (tertiary/aromatic N) is 1. The number of ether oxygens (including phenoxy) is 1. The molecule has 0 aliphatic rings. The fourth-order valence-electron chi connectivity index (χ4n) is 2.87. The average molecular weight is 416 g/mol. The van der Waals surface area contributed by atoms with Crippen LogP contribution in [0.25, 0.3) is 22.0 Å². The number of benzene rings is 2. The van der Waals surface area contributed by atoms with Gasteiger partial charge < -0.3 is 14.9 Å². The highest BCUT2D eigenvalue weighted by Gasteiger charge is 2.17. The van der Waals surface area contributed by atoms with Gasteiger partial charge in [0.25, 0.3) is 0 Å². The zero-order valence-electron chi connectivity index (χ0n) is 17.3.